The van der Waals surface area contributed by atoms with Crippen LogP contribution < -0.4 is 15.9 Å². The SMILES string of the molecule is O=[N+]([O-])c1ccc(N=P(c2ccc(F)cc2)(c2ccc(F)cc2)c2ccc(F)cc2)cc1. The highest BCUT2D eigenvalue weighted by molar-refractivity contribution is 7.87. The number of benzene rings is 4. The molecule has 0 atom stereocenters. The van der Waals surface area contributed by atoms with E-state index in [4.69, 9.17) is 4.74 Å². The van der Waals surface area contributed by atoms with E-state index in [2.05, 4.69) is 0 Å². The first-order valence-corrected chi connectivity index (χ1v) is 11.3. The van der Waals surface area contributed by atoms with Crippen LogP contribution in [0.2, 0.25) is 0 Å². The molecule has 4 rings (SSSR count). The summed E-state index contributed by atoms with van der Waals surface area (Å²) in [6.07, 6.45) is 0. The predicted octanol–water partition coefficient (Wildman–Crippen LogP) is 5.82. The van der Waals surface area contributed by atoms with Crippen molar-refractivity contribution >= 4 is 34.3 Å². The highest BCUT2D eigenvalue weighted by Crippen LogP contribution is 2.49. The second-order valence-corrected chi connectivity index (χ2v) is 9.96. The minimum atomic E-state index is -2.92. The minimum absolute atomic E-state index is 0.0850. The van der Waals surface area contributed by atoms with Gasteiger partial charge in [-0.05, 0) is 84.9 Å². The van der Waals surface area contributed by atoms with Crippen LogP contribution in [0.25, 0.3) is 0 Å². The van der Waals surface area contributed by atoms with E-state index in [0.717, 1.165) is 0 Å². The molecule has 0 saturated heterocycles. The molecule has 0 heterocycles. The number of nitrogens with zero attached hydrogens (tertiary/aromatic N) is 2. The van der Waals surface area contributed by atoms with Gasteiger partial charge in [-0.15, -0.1) is 0 Å². The second-order valence-electron chi connectivity index (χ2n) is 6.94. The molecular weight excluding hydrogens is 436 g/mol. The third-order valence-corrected chi connectivity index (χ3v) is 8.59. The maximum absolute atomic E-state index is 13.8. The molecule has 0 fully saturated rings. The van der Waals surface area contributed by atoms with E-state index >= 15 is 0 Å². The number of hydrogen-bond acceptors (Lipinski definition) is 3. The van der Waals surface area contributed by atoms with Crippen molar-refractivity contribution in [1.29, 1.82) is 0 Å². The quantitative estimate of drug-likeness (QED) is 0.218. The molecule has 0 spiro atoms. The van der Waals surface area contributed by atoms with Crippen LogP contribution in [-0.2, 0) is 0 Å². The Balaban J connectivity index is 2.08. The molecule has 0 unspecified atom stereocenters. The van der Waals surface area contributed by atoms with Gasteiger partial charge in [0.1, 0.15) is 17.5 Å². The number of non-ortho nitro benzene ring substituents is 1. The molecular formula is C24H16F3N2O2P. The van der Waals surface area contributed by atoms with Crippen molar-refractivity contribution in [2.45, 2.75) is 0 Å². The van der Waals surface area contributed by atoms with Gasteiger partial charge in [-0.25, -0.2) is 13.2 Å². The number of halogens is 3. The first-order chi connectivity index (χ1) is 15.4. The molecule has 0 saturated carbocycles. The summed E-state index contributed by atoms with van der Waals surface area (Å²) in [6, 6.07) is 23.2. The van der Waals surface area contributed by atoms with Crippen LogP contribution >= 0.6 is 7.05 Å². The zero-order valence-electron chi connectivity index (χ0n) is 16.5. The molecule has 8 heteroatoms. The lowest BCUT2D eigenvalue weighted by molar-refractivity contribution is -0.384. The topological polar surface area (TPSA) is 55.5 Å². The largest absolute Gasteiger partial charge is 0.269 e. The number of hydrogen-bond donors (Lipinski definition) is 0. The summed E-state index contributed by atoms with van der Waals surface area (Å²) in [4.78, 5) is 10.5. The molecule has 32 heavy (non-hydrogen) atoms. The molecule has 0 N–H and O–H groups in total. The summed E-state index contributed by atoms with van der Waals surface area (Å²) >= 11 is 0. The van der Waals surface area contributed by atoms with Crippen molar-refractivity contribution in [2.24, 2.45) is 4.74 Å². The van der Waals surface area contributed by atoms with Gasteiger partial charge in [-0.1, -0.05) is 0 Å². The summed E-state index contributed by atoms with van der Waals surface area (Å²) in [7, 11) is -2.92. The van der Waals surface area contributed by atoms with Gasteiger partial charge in [0.05, 0.1) is 17.7 Å². The lowest BCUT2D eigenvalue weighted by atomic mass is 10.3. The van der Waals surface area contributed by atoms with Gasteiger partial charge in [0.2, 0.25) is 0 Å². The number of nitro groups is 1. The van der Waals surface area contributed by atoms with E-state index in [0.29, 0.717) is 21.6 Å². The maximum atomic E-state index is 13.8. The van der Waals surface area contributed by atoms with Crippen LogP contribution in [0.15, 0.2) is 102 Å². The second kappa shape index (κ2) is 8.81. The molecule has 4 aromatic rings. The predicted molar refractivity (Wildman–Crippen MR) is 120 cm³/mol. The lowest BCUT2D eigenvalue weighted by Crippen LogP contribution is -2.25. The van der Waals surface area contributed by atoms with Crippen molar-refractivity contribution in [2.75, 3.05) is 0 Å². The van der Waals surface area contributed by atoms with Gasteiger partial charge < -0.3 is 0 Å². The standard InChI is InChI=1S/C24H16F3N2O2P/c25-17-1-11-22(12-2-17)32(23-13-3-18(26)4-14-23,24-15-5-19(27)6-16-24)28-20-7-9-21(10-8-20)29(30)31/h1-16H. The van der Waals surface area contributed by atoms with Gasteiger partial charge in [0.25, 0.3) is 5.69 Å². The Bertz CT molecular complexity index is 1190. The monoisotopic (exact) mass is 452 g/mol. The first-order valence-electron chi connectivity index (χ1n) is 9.54. The summed E-state index contributed by atoms with van der Waals surface area (Å²) in [5.74, 6) is -1.29. The third-order valence-electron chi connectivity index (χ3n) is 4.93. The fraction of sp³-hybridized carbons (Fsp3) is 0. The molecule has 160 valence electrons. The van der Waals surface area contributed by atoms with Crippen LogP contribution in [0.4, 0.5) is 24.5 Å². The summed E-state index contributed by atoms with van der Waals surface area (Å²) in [5.41, 5.74) is 0.361. The molecule has 0 amide bonds. The Hall–Kier alpha value is -3.70. The molecule has 4 aromatic carbocycles. The highest BCUT2D eigenvalue weighted by Gasteiger charge is 2.28. The van der Waals surface area contributed by atoms with Gasteiger partial charge in [-0.2, -0.15) is 0 Å². The average Bonchev–Trinajstić information content (AvgIpc) is 2.80. The fourth-order valence-corrected chi connectivity index (χ4v) is 6.87. The van der Waals surface area contributed by atoms with Crippen LogP contribution in [0.3, 0.4) is 0 Å². The molecule has 0 radical (unpaired) electrons. The van der Waals surface area contributed by atoms with Crippen molar-refractivity contribution in [3.63, 3.8) is 0 Å². The van der Waals surface area contributed by atoms with E-state index in [1.807, 2.05) is 0 Å². The van der Waals surface area contributed by atoms with Crippen molar-refractivity contribution in [3.8, 4) is 0 Å². The van der Waals surface area contributed by atoms with Gasteiger partial charge in [0, 0.05) is 28.0 Å². The van der Waals surface area contributed by atoms with Crippen LogP contribution in [-0.4, -0.2) is 4.92 Å². The van der Waals surface area contributed by atoms with E-state index in [9.17, 15) is 23.3 Å². The summed E-state index contributed by atoms with van der Waals surface area (Å²) < 4.78 is 46.3. The molecule has 0 aliphatic carbocycles. The van der Waals surface area contributed by atoms with Crippen LogP contribution in [0, 0.1) is 27.6 Å². The molecule has 0 aromatic heterocycles. The minimum Gasteiger partial charge on any atom is -0.258 e. The van der Waals surface area contributed by atoms with Crippen molar-refractivity contribution in [1.82, 2.24) is 0 Å². The number of rotatable bonds is 5. The third kappa shape index (κ3) is 4.20. The van der Waals surface area contributed by atoms with Crippen LogP contribution in [0.5, 0.6) is 0 Å². The Kier molecular flexibility index (Phi) is 5.93. The van der Waals surface area contributed by atoms with Crippen LogP contribution in [0.1, 0.15) is 0 Å². The first kappa shape index (κ1) is 21.5. The number of nitro benzene ring substituents is 1. The Morgan fingerprint density at radius 3 is 1.25 bits per heavy atom. The molecule has 0 bridgehead atoms. The van der Waals surface area contributed by atoms with Gasteiger partial charge in [-0.3, -0.25) is 14.9 Å². The van der Waals surface area contributed by atoms with Crippen molar-refractivity contribution in [3.05, 3.63) is 125 Å². The van der Waals surface area contributed by atoms with Crippen molar-refractivity contribution < 1.29 is 18.1 Å². The van der Waals surface area contributed by atoms with E-state index in [1.54, 1.807) is 36.4 Å². The Labute approximate surface area is 182 Å². The Morgan fingerprint density at radius 2 is 0.938 bits per heavy atom. The molecule has 0 aliphatic heterocycles. The molecule has 0 aliphatic rings. The summed E-state index contributed by atoms with van der Waals surface area (Å²) in [6.45, 7) is 0. The fourth-order valence-electron chi connectivity index (χ4n) is 3.41. The van der Waals surface area contributed by atoms with E-state index in [-0.39, 0.29) is 5.69 Å². The van der Waals surface area contributed by atoms with E-state index < -0.39 is 29.4 Å². The normalized spacial score (nSPS) is 11.2. The highest BCUT2D eigenvalue weighted by atomic mass is 31.2. The van der Waals surface area contributed by atoms with Gasteiger partial charge in [0.15, 0.2) is 0 Å². The van der Waals surface area contributed by atoms with Gasteiger partial charge >= 0.3 is 0 Å². The Morgan fingerprint density at radius 1 is 0.594 bits per heavy atom. The molecule has 4 nitrogen and oxygen atoms in total. The zero-order chi connectivity index (χ0) is 22.7. The average molecular weight is 452 g/mol. The maximum Gasteiger partial charge on any atom is 0.269 e. The summed E-state index contributed by atoms with van der Waals surface area (Å²) in [5, 5.41) is 13.0. The smallest absolute Gasteiger partial charge is 0.258 e. The lowest BCUT2D eigenvalue weighted by Gasteiger charge is -2.27. The zero-order valence-corrected chi connectivity index (χ0v) is 17.4. The van der Waals surface area contributed by atoms with E-state index in [1.165, 1.54) is 60.7 Å².